The maximum absolute atomic E-state index is 13.5. The molecule has 0 aliphatic carbocycles. The molecule has 1 aromatic carbocycles. The summed E-state index contributed by atoms with van der Waals surface area (Å²) in [7, 11) is 1.47. The maximum Gasteiger partial charge on any atom is 0.338 e. The number of ether oxygens (including phenoxy) is 3. The fourth-order valence-corrected chi connectivity index (χ4v) is 5.54. The number of fused-ring (bicyclic) bond motifs is 1. The lowest BCUT2D eigenvalue weighted by Gasteiger charge is -2.23. The highest BCUT2D eigenvalue weighted by Crippen LogP contribution is 2.33. The van der Waals surface area contributed by atoms with Crippen LogP contribution in [-0.2, 0) is 14.3 Å². The van der Waals surface area contributed by atoms with Gasteiger partial charge >= 0.3 is 11.9 Å². The summed E-state index contributed by atoms with van der Waals surface area (Å²) in [6, 6.07) is 8.18. The molecule has 2 aromatic heterocycles. The Kier molecular flexibility index (Phi) is 6.80. The number of carbonyl (C=O) groups excluding carboxylic acids is 2. The highest BCUT2D eigenvalue weighted by Gasteiger charge is 2.33. The van der Waals surface area contributed by atoms with E-state index >= 15 is 0 Å². The molecule has 1 aliphatic heterocycles. The van der Waals surface area contributed by atoms with Crippen molar-refractivity contribution in [2.45, 2.75) is 26.8 Å². The lowest BCUT2D eigenvalue weighted by atomic mass is 10.0. The quantitative estimate of drug-likeness (QED) is 0.383. The number of carbonyl (C=O) groups is 2. The third kappa shape index (κ3) is 4.46. The van der Waals surface area contributed by atoms with Crippen molar-refractivity contribution in [1.29, 1.82) is 0 Å². The predicted molar refractivity (Wildman–Crippen MR) is 129 cm³/mol. The zero-order valence-corrected chi connectivity index (χ0v) is 20.6. The molecule has 0 amide bonds. The van der Waals surface area contributed by atoms with Gasteiger partial charge in [-0.2, -0.15) is 0 Å². The number of benzene rings is 1. The molecule has 1 atom stereocenters. The summed E-state index contributed by atoms with van der Waals surface area (Å²) in [5.74, 6) is -0.280. The summed E-state index contributed by atoms with van der Waals surface area (Å²) in [4.78, 5) is 43.6. The van der Waals surface area contributed by atoms with E-state index in [1.54, 1.807) is 42.7 Å². The van der Waals surface area contributed by atoms with Crippen LogP contribution in [-0.4, -0.2) is 30.2 Å². The SMILES string of the molecule is CCOC(=O)C1=C(C)N=c2s/c(=C/c3ccc(OC(C)=O)c(OC)c3)c(=O)n2C1c1cccs1. The molecule has 176 valence electrons. The molecule has 0 bridgehead atoms. The summed E-state index contributed by atoms with van der Waals surface area (Å²) in [5.41, 5.74) is 1.30. The second kappa shape index (κ2) is 9.78. The first-order valence-electron chi connectivity index (χ1n) is 10.4. The van der Waals surface area contributed by atoms with E-state index in [1.165, 1.54) is 36.7 Å². The van der Waals surface area contributed by atoms with E-state index in [2.05, 4.69) is 4.99 Å². The van der Waals surface area contributed by atoms with E-state index < -0.39 is 18.0 Å². The zero-order chi connectivity index (χ0) is 24.4. The Labute approximate surface area is 203 Å². The third-order valence-corrected chi connectivity index (χ3v) is 6.98. The zero-order valence-electron chi connectivity index (χ0n) is 19.0. The summed E-state index contributed by atoms with van der Waals surface area (Å²) in [6.45, 7) is 5.03. The van der Waals surface area contributed by atoms with Crippen LogP contribution in [0, 0.1) is 0 Å². The Morgan fingerprint density at radius 3 is 2.68 bits per heavy atom. The highest BCUT2D eigenvalue weighted by atomic mass is 32.1. The van der Waals surface area contributed by atoms with Crippen LogP contribution >= 0.6 is 22.7 Å². The Morgan fingerprint density at radius 1 is 1.24 bits per heavy atom. The molecule has 0 N–H and O–H groups in total. The van der Waals surface area contributed by atoms with Gasteiger partial charge in [0.15, 0.2) is 16.3 Å². The Balaban J connectivity index is 1.86. The first-order valence-corrected chi connectivity index (χ1v) is 12.1. The van der Waals surface area contributed by atoms with E-state index in [-0.39, 0.29) is 12.2 Å². The molecule has 1 aliphatic rings. The van der Waals surface area contributed by atoms with Crippen LogP contribution in [0.25, 0.3) is 6.08 Å². The monoisotopic (exact) mass is 498 g/mol. The van der Waals surface area contributed by atoms with Crippen LogP contribution in [0.3, 0.4) is 0 Å². The number of thiazole rings is 1. The molecule has 4 rings (SSSR count). The fraction of sp³-hybridized carbons (Fsp3) is 0.250. The Hall–Kier alpha value is -3.50. The first kappa shape index (κ1) is 23.7. The molecule has 3 aromatic rings. The number of methoxy groups -OCH3 is 1. The summed E-state index contributed by atoms with van der Waals surface area (Å²) in [6.07, 6.45) is 1.72. The second-order valence-corrected chi connectivity index (χ2v) is 9.31. The highest BCUT2D eigenvalue weighted by molar-refractivity contribution is 7.10. The van der Waals surface area contributed by atoms with E-state index in [0.29, 0.717) is 37.7 Å². The van der Waals surface area contributed by atoms with Gasteiger partial charge in [0.2, 0.25) is 0 Å². The molecular weight excluding hydrogens is 476 g/mol. The Bertz CT molecular complexity index is 1460. The lowest BCUT2D eigenvalue weighted by Crippen LogP contribution is -2.39. The van der Waals surface area contributed by atoms with Crippen LogP contribution in [0.1, 0.15) is 37.3 Å². The minimum atomic E-state index is -0.613. The van der Waals surface area contributed by atoms with Crippen LogP contribution in [0.4, 0.5) is 0 Å². The van der Waals surface area contributed by atoms with Gasteiger partial charge in [-0.3, -0.25) is 14.2 Å². The molecule has 8 nitrogen and oxygen atoms in total. The largest absolute Gasteiger partial charge is 0.493 e. The predicted octanol–water partition coefficient (Wildman–Crippen LogP) is 2.79. The van der Waals surface area contributed by atoms with Gasteiger partial charge in [-0.1, -0.05) is 23.5 Å². The van der Waals surface area contributed by atoms with Crippen molar-refractivity contribution in [3.63, 3.8) is 0 Å². The van der Waals surface area contributed by atoms with Gasteiger partial charge in [0.25, 0.3) is 5.56 Å². The second-order valence-electron chi connectivity index (χ2n) is 7.32. The minimum Gasteiger partial charge on any atom is -0.493 e. The Morgan fingerprint density at radius 2 is 2.03 bits per heavy atom. The molecule has 0 saturated heterocycles. The number of hydrogen-bond acceptors (Lipinski definition) is 9. The van der Waals surface area contributed by atoms with Crippen LogP contribution < -0.4 is 24.4 Å². The molecule has 0 saturated carbocycles. The first-order chi connectivity index (χ1) is 16.3. The molecular formula is C24H22N2O6S2. The number of aromatic nitrogens is 1. The van der Waals surface area contributed by atoms with Gasteiger partial charge in [-0.05, 0) is 49.1 Å². The number of hydrogen-bond donors (Lipinski definition) is 0. The van der Waals surface area contributed by atoms with Gasteiger partial charge in [-0.15, -0.1) is 11.3 Å². The minimum absolute atomic E-state index is 0.225. The number of allylic oxidation sites excluding steroid dienone is 1. The van der Waals surface area contributed by atoms with E-state index in [0.717, 1.165) is 4.88 Å². The fourth-order valence-electron chi connectivity index (χ4n) is 3.67. The number of thiophene rings is 1. The average Bonchev–Trinajstić information content (AvgIpc) is 3.42. The summed E-state index contributed by atoms with van der Waals surface area (Å²) >= 11 is 2.70. The van der Waals surface area contributed by atoms with E-state index in [4.69, 9.17) is 14.2 Å². The third-order valence-electron chi connectivity index (χ3n) is 5.07. The molecule has 0 radical (unpaired) electrons. The molecule has 3 heterocycles. The molecule has 0 spiro atoms. The topological polar surface area (TPSA) is 96.2 Å². The van der Waals surface area contributed by atoms with Crippen molar-refractivity contribution >= 4 is 40.7 Å². The van der Waals surface area contributed by atoms with Gasteiger partial charge in [-0.25, -0.2) is 9.79 Å². The maximum atomic E-state index is 13.5. The number of esters is 2. The normalized spacial score (nSPS) is 15.5. The molecule has 1 unspecified atom stereocenters. The lowest BCUT2D eigenvalue weighted by molar-refractivity contribution is -0.139. The standard InChI is InChI=1S/C24H22N2O6S2/c1-5-31-23(29)20-13(2)25-24-26(21(20)18-7-6-10-33-18)22(28)19(34-24)12-15-8-9-16(32-14(3)27)17(11-15)30-4/h6-12,21H,5H2,1-4H3/b19-12+. The van der Waals surface area contributed by atoms with E-state index in [1.807, 2.05) is 17.5 Å². The van der Waals surface area contributed by atoms with Crippen molar-refractivity contribution < 1.29 is 23.8 Å². The van der Waals surface area contributed by atoms with Gasteiger partial charge in [0.05, 0.1) is 29.5 Å². The summed E-state index contributed by atoms with van der Waals surface area (Å²) in [5, 5.41) is 1.90. The average molecular weight is 499 g/mol. The number of rotatable bonds is 6. The number of nitrogens with zero attached hydrogens (tertiary/aromatic N) is 2. The van der Waals surface area contributed by atoms with Crippen molar-refractivity contribution in [3.8, 4) is 11.5 Å². The van der Waals surface area contributed by atoms with Gasteiger partial charge in [0.1, 0.15) is 6.04 Å². The van der Waals surface area contributed by atoms with Crippen molar-refractivity contribution in [3.05, 3.63) is 77.1 Å². The summed E-state index contributed by atoms with van der Waals surface area (Å²) < 4.78 is 17.7. The van der Waals surface area contributed by atoms with Crippen molar-refractivity contribution in [1.82, 2.24) is 4.57 Å². The molecule has 34 heavy (non-hydrogen) atoms. The van der Waals surface area contributed by atoms with E-state index in [9.17, 15) is 14.4 Å². The molecule has 10 heteroatoms. The van der Waals surface area contributed by atoms with Crippen LogP contribution in [0.15, 0.2) is 56.8 Å². The van der Waals surface area contributed by atoms with Gasteiger partial charge < -0.3 is 14.2 Å². The van der Waals surface area contributed by atoms with Crippen LogP contribution in [0.5, 0.6) is 11.5 Å². The van der Waals surface area contributed by atoms with Crippen molar-refractivity contribution in [2.24, 2.45) is 4.99 Å². The van der Waals surface area contributed by atoms with Crippen molar-refractivity contribution in [2.75, 3.05) is 13.7 Å². The molecule has 0 fully saturated rings. The smallest absolute Gasteiger partial charge is 0.338 e. The van der Waals surface area contributed by atoms with Gasteiger partial charge in [0, 0.05) is 11.8 Å². The van der Waals surface area contributed by atoms with Crippen LogP contribution in [0.2, 0.25) is 0 Å².